The number of nitrogens with one attached hydrogen (secondary N) is 1. The van der Waals surface area contributed by atoms with Gasteiger partial charge in [-0.1, -0.05) is 5.16 Å². The number of H-pyrrole nitrogens is 1. The lowest BCUT2D eigenvalue weighted by molar-refractivity contribution is -0.131. The number of aromatic nitrogens is 4. The SMILES string of the molecule is Cc1noc(C)c1CCC(=O)N(C)C[C@H]1OCC[C@H]1c1ncn[nH]1. The third-order valence-electron chi connectivity index (χ3n) is 4.64. The van der Waals surface area contributed by atoms with Gasteiger partial charge in [-0.2, -0.15) is 5.10 Å². The number of likely N-dealkylation sites (N-methyl/N-ethyl adjacent to an activating group) is 1. The van der Waals surface area contributed by atoms with Crippen molar-refractivity contribution in [2.24, 2.45) is 0 Å². The minimum absolute atomic E-state index is 0.0500. The van der Waals surface area contributed by atoms with Crippen LogP contribution in [0, 0.1) is 13.8 Å². The summed E-state index contributed by atoms with van der Waals surface area (Å²) in [7, 11) is 1.81. The molecule has 0 aromatic carbocycles. The summed E-state index contributed by atoms with van der Waals surface area (Å²) < 4.78 is 10.9. The van der Waals surface area contributed by atoms with Crippen LogP contribution in [0.2, 0.25) is 0 Å². The molecular formula is C16H23N5O3. The molecule has 1 fully saturated rings. The first-order valence-electron chi connectivity index (χ1n) is 8.19. The van der Waals surface area contributed by atoms with Gasteiger partial charge in [0.2, 0.25) is 5.91 Å². The number of carbonyl (C=O) groups excluding carboxylic acids is 1. The third-order valence-corrected chi connectivity index (χ3v) is 4.64. The molecule has 0 spiro atoms. The lowest BCUT2D eigenvalue weighted by Gasteiger charge is -2.24. The van der Waals surface area contributed by atoms with Crippen LogP contribution in [0.25, 0.3) is 0 Å². The molecule has 130 valence electrons. The highest BCUT2D eigenvalue weighted by molar-refractivity contribution is 5.76. The zero-order valence-corrected chi connectivity index (χ0v) is 14.3. The van der Waals surface area contributed by atoms with Gasteiger partial charge in [0.25, 0.3) is 0 Å². The standard InChI is InChI=1S/C16H23N5O3/c1-10-12(11(2)24-20-10)4-5-15(22)21(3)8-14-13(6-7-23-14)16-17-9-18-19-16/h9,13-14H,4-8H2,1-3H3,(H,17,18,19)/t13-,14-/m1/s1. The van der Waals surface area contributed by atoms with Crippen molar-refractivity contribution in [3.05, 3.63) is 29.2 Å². The molecule has 3 rings (SSSR count). The molecule has 0 aliphatic carbocycles. The Balaban J connectivity index is 1.54. The number of aryl methyl sites for hydroxylation is 2. The monoisotopic (exact) mass is 333 g/mol. The molecule has 1 amide bonds. The summed E-state index contributed by atoms with van der Waals surface area (Å²) >= 11 is 0. The predicted octanol–water partition coefficient (Wildman–Crippen LogP) is 1.37. The van der Waals surface area contributed by atoms with E-state index in [9.17, 15) is 4.79 Å². The molecule has 0 bridgehead atoms. The Morgan fingerprint density at radius 3 is 2.96 bits per heavy atom. The molecular weight excluding hydrogens is 310 g/mol. The van der Waals surface area contributed by atoms with Crippen LogP contribution >= 0.6 is 0 Å². The van der Waals surface area contributed by atoms with Gasteiger partial charge < -0.3 is 14.2 Å². The van der Waals surface area contributed by atoms with Gasteiger partial charge in [0.1, 0.15) is 17.9 Å². The fourth-order valence-electron chi connectivity index (χ4n) is 3.19. The molecule has 0 saturated carbocycles. The molecule has 3 heterocycles. The van der Waals surface area contributed by atoms with Crippen LogP contribution in [-0.2, 0) is 16.0 Å². The van der Waals surface area contributed by atoms with Crippen molar-refractivity contribution in [3.63, 3.8) is 0 Å². The molecule has 24 heavy (non-hydrogen) atoms. The number of hydrogen-bond donors (Lipinski definition) is 1. The van der Waals surface area contributed by atoms with Crippen LogP contribution in [-0.4, -0.2) is 57.4 Å². The smallest absolute Gasteiger partial charge is 0.222 e. The highest BCUT2D eigenvalue weighted by Crippen LogP contribution is 2.29. The lowest BCUT2D eigenvalue weighted by atomic mass is 10.00. The number of ether oxygens (including phenoxy) is 1. The highest BCUT2D eigenvalue weighted by atomic mass is 16.5. The summed E-state index contributed by atoms with van der Waals surface area (Å²) in [6, 6.07) is 0. The van der Waals surface area contributed by atoms with Gasteiger partial charge in [0.15, 0.2) is 0 Å². The molecule has 0 radical (unpaired) electrons. The van der Waals surface area contributed by atoms with Crippen molar-refractivity contribution in [2.45, 2.75) is 45.1 Å². The molecule has 1 aliphatic rings. The Hall–Kier alpha value is -2.22. The van der Waals surface area contributed by atoms with Crippen molar-refractivity contribution in [1.82, 2.24) is 25.2 Å². The Bertz CT molecular complexity index is 662. The fourth-order valence-corrected chi connectivity index (χ4v) is 3.19. The Labute approximate surface area is 140 Å². The number of aromatic amines is 1. The van der Waals surface area contributed by atoms with Gasteiger partial charge in [-0.25, -0.2) is 4.98 Å². The second-order valence-electron chi connectivity index (χ2n) is 6.25. The maximum absolute atomic E-state index is 12.4. The normalized spacial score (nSPS) is 20.5. The summed E-state index contributed by atoms with van der Waals surface area (Å²) in [4.78, 5) is 18.4. The van der Waals surface area contributed by atoms with E-state index in [2.05, 4.69) is 20.3 Å². The largest absolute Gasteiger partial charge is 0.376 e. The Kier molecular flexibility index (Phi) is 4.94. The topological polar surface area (TPSA) is 97.1 Å². The molecule has 2 aromatic heterocycles. The van der Waals surface area contributed by atoms with E-state index in [-0.39, 0.29) is 17.9 Å². The summed E-state index contributed by atoms with van der Waals surface area (Å²) in [6.45, 7) is 5.00. The Morgan fingerprint density at radius 1 is 1.46 bits per heavy atom. The van der Waals surface area contributed by atoms with E-state index >= 15 is 0 Å². The average Bonchev–Trinajstić information content (AvgIpc) is 3.28. The number of carbonyl (C=O) groups is 1. The third kappa shape index (κ3) is 3.48. The summed E-state index contributed by atoms with van der Waals surface area (Å²) in [6.07, 6.45) is 3.41. The van der Waals surface area contributed by atoms with Crippen LogP contribution < -0.4 is 0 Å². The zero-order chi connectivity index (χ0) is 17.1. The highest BCUT2D eigenvalue weighted by Gasteiger charge is 2.33. The lowest BCUT2D eigenvalue weighted by Crippen LogP contribution is -2.36. The Morgan fingerprint density at radius 2 is 2.29 bits per heavy atom. The molecule has 8 heteroatoms. The van der Waals surface area contributed by atoms with Gasteiger partial charge in [-0.05, 0) is 26.7 Å². The van der Waals surface area contributed by atoms with E-state index in [1.54, 1.807) is 4.90 Å². The second kappa shape index (κ2) is 7.12. The van der Waals surface area contributed by atoms with Gasteiger partial charge in [-0.3, -0.25) is 9.89 Å². The van der Waals surface area contributed by atoms with Crippen LogP contribution in [0.4, 0.5) is 0 Å². The average molecular weight is 333 g/mol. The van der Waals surface area contributed by atoms with Gasteiger partial charge in [-0.15, -0.1) is 0 Å². The van der Waals surface area contributed by atoms with E-state index in [0.717, 1.165) is 29.3 Å². The van der Waals surface area contributed by atoms with Gasteiger partial charge in [0.05, 0.1) is 11.8 Å². The zero-order valence-electron chi connectivity index (χ0n) is 14.3. The van der Waals surface area contributed by atoms with Gasteiger partial charge in [0, 0.05) is 38.1 Å². The molecule has 1 saturated heterocycles. The van der Waals surface area contributed by atoms with Crippen molar-refractivity contribution >= 4 is 5.91 Å². The van der Waals surface area contributed by atoms with E-state index < -0.39 is 0 Å². The molecule has 8 nitrogen and oxygen atoms in total. The van der Waals surface area contributed by atoms with Crippen molar-refractivity contribution in [3.8, 4) is 0 Å². The number of nitrogens with zero attached hydrogens (tertiary/aromatic N) is 4. The minimum atomic E-state index is -0.0500. The maximum Gasteiger partial charge on any atom is 0.222 e. The van der Waals surface area contributed by atoms with E-state index in [1.807, 2.05) is 20.9 Å². The predicted molar refractivity (Wildman–Crippen MR) is 85.4 cm³/mol. The summed E-state index contributed by atoms with van der Waals surface area (Å²) in [5.41, 5.74) is 1.88. The van der Waals surface area contributed by atoms with Crippen LogP contribution in [0.1, 0.15) is 41.6 Å². The molecule has 2 atom stereocenters. The summed E-state index contributed by atoms with van der Waals surface area (Å²) in [5.74, 6) is 1.86. The van der Waals surface area contributed by atoms with Crippen molar-refractivity contribution in [2.75, 3.05) is 20.2 Å². The molecule has 1 aliphatic heterocycles. The number of hydrogen-bond acceptors (Lipinski definition) is 6. The quantitative estimate of drug-likeness (QED) is 0.857. The fraction of sp³-hybridized carbons (Fsp3) is 0.625. The molecule has 1 N–H and O–H groups in total. The van der Waals surface area contributed by atoms with Crippen LogP contribution in [0.5, 0.6) is 0 Å². The first kappa shape index (κ1) is 16.6. The minimum Gasteiger partial charge on any atom is -0.376 e. The van der Waals surface area contributed by atoms with E-state index in [1.165, 1.54) is 6.33 Å². The first-order valence-corrected chi connectivity index (χ1v) is 8.19. The van der Waals surface area contributed by atoms with Crippen LogP contribution in [0.3, 0.4) is 0 Å². The molecule has 2 aromatic rings. The van der Waals surface area contributed by atoms with Crippen molar-refractivity contribution in [1.29, 1.82) is 0 Å². The number of amides is 1. The van der Waals surface area contributed by atoms with E-state index in [4.69, 9.17) is 9.26 Å². The molecule has 0 unspecified atom stereocenters. The first-order chi connectivity index (χ1) is 11.6. The summed E-state index contributed by atoms with van der Waals surface area (Å²) in [5, 5.41) is 10.7. The maximum atomic E-state index is 12.4. The number of rotatable bonds is 6. The second-order valence-corrected chi connectivity index (χ2v) is 6.25. The van der Waals surface area contributed by atoms with Gasteiger partial charge >= 0.3 is 0 Å². The van der Waals surface area contributed by atoms with E-state index in [0.29, 0.717) is 26.0 Å². The van der Waals surface area contributed by atoms with Crippen LogP contribution in [0.15, 0.2) is 10.9 Å². The van der Waals surface area contributed by atoms with Crippen molar-refractivity contribution < 1.29 is 14.1 Å².